The van der Waals surface area contributed by atoms with E-state index >= 15 is 0 Å². The van der Waals surface area contributed by atoms with E-state index in [9.17, 15) is 14.7 Å². The first-order valence-electron chi connectivity index (χ1n) is 7.56. The summed E-state index contributed by atoms with van der Waals surface area (Å²) in [7, 11) is 1.61. The fraction of sp³-hybridized carbons (Fsp3) is 0.529. The molecule has 6 heteroatoms. The van der Waals surface area contributed by atoms with Crippen molar-refractivity contribution in [2.45, 2.75) is 45.4 Å². The Morgan fingerprint density at radius 2 is 2.04 bits per heavy atom. The predicted molar refractivity (Wildman–Crippen MR) is 84.2 cm³/mol. The van der Waals surface area contributed by atoms with Gasteiger partial charge < -0.3 is 14.6 Å². The van der Waals surface area contributed by atoms with Gasteiger partial charge >= 0.3 is 12.1 Å². The van der Waals surface area contributed by atoms with E-state index in [2.05, 4.69) is 0 Å². The SMILES string of the molecule is COCc1ccc2c(c1)CCN(C(=O)OC(C)(C)C)C2C(=O)O. The first kappa shape index (κ1) is 17.3. The average molecular weight is 321 g/mol. The molecule has 2 rings (SSSR count). The molecule has 0 fully saturated rings. The zero-order valence-corrected chi connectivity index (χ0v) is 14.0. The van der Waals surface area contributed by atoms with Crippen molar-refractivity contribution in [2.24, 2.45) is 0 Å². The van der Waals surface area contributed by atoms with Crippen LogP contribution < -0.4 is 0 Å². The standard InChI is InChI=1S/C17H23NO5/c1-17(2,3)23-16(21)18-8-7-12-9-11(10-22-4)5-6-13(12)14(18)15(19)20/h5-6,9,14H,7-8,10H2,1-4H3,(H,19,20). The topological polar surface area (TPSA) is 76.1 Å². The molecule has 0 aromatic heterocycles. The van der Waals surface area contributed by atoms with Crippen molar-refractivity contribution in [3.63, 3.8) is 0 Å². The van der Waals surface area contributed by atoms with Crippen LogP contribution in [0.3, 0.4) is 0 Å². The summed E-state index contributed by atoms with van der Waals surface area (Å²) in [4.78, 5) is 25.3. The highest BCUT2D eigenvalue weighted by Gasteiger charge is 2.38. The molecular formula is C17H23NO5. The molecule has 1 aliphatic heterocycles. The van der Waals surface area contributed by atoms with Crippen LogP contribution in [-0.4, -0.2) is 41.3 Å². The van der Waals surface area contributed by atoms with E-state index in [0.717, 1.165) is 11.1 Å². The number of carboxylic acids is 1. The zero-order valence-electron chi connectivity index (χ0n) is 14.0. The molecule has 0 aliphatic carbocycles. The molecule has 1 aromatic carbocycles. The zero-order chi connectivity index (χ0) is 17.2. The fourth-order valence-electron chi connectivity index (χ4n) is 2.72. The van der Waals surface area contributed by atoms with Gasteiger partial charge in [0, 0.05) is 13.7 Å². The molecular weight excluding hydrogens is 298 g/mol. The Hall–Kier alpha value is -2.08. The molecule has 0 saturated heterocycles. The number of carboxylic acid groups (broad SMARTS) is 1. The molecule has 1 amide bonds. The van der Waals surface area contributed by atoms with Gasteiger partial charge in [0.15, 0.2) is 6.04 Å². The van der Waals surface area contributed by atoms with Gasteiger partial charge in [-0.1, -0.05) is 18.2 Å². The number of amides is 1. The van der Waals surface area contributed by atoms with Crippen molar-refractivity contribution in [1.82, 2.24) is 4.90 Å². The van der Waals surface area contributed by atoms with E-state index in [0.29, 0.717) is 25.1 Å². The minimum absolute atomic E-state index is 0.315. The molecule has 0 spiro atoms. The van der Waals surface area contributed by atoms with Gasteiger partial charge in [-0.25, -0.2) is 9.59 Å². The van der Waals surface area contributed by atoms with E-state index in [1.54, 1.807) is 33.9 Å². The predicted octanol–water partition coefficient (Wildman–Crippen LogP) is 2.75. The lowest BCUT2D eigenvalue weighted by molar-refractivity contribution is -0.143. The van der Waals surface area contributed by atoms with Crippen LogP contribution in [0.1, 0.15) is 43.5 Å². The fourth-order valence-corrected chi connectivity index (χ4v) is 2.72. The molecule has 1 aliphatic rings. The lowest BCUT2D eigenvalue weighted by Gasteiger charge is -2.36. The lowest BCUT2D eigenvalue weighted by Crippen LogP contribution is -2.45. The number of fused-ring (bicyclic) bond motifs is 1. The normalized spacial score (nSPS) is 17.6. The second-order valence-corrected chi connectivity index (χ2v) is 6.63. The Morgan fingerprint density at radius 3 is 2.61 bits per heavy atom. The van der Waals surface area contributed by atoms with E-state index in [-0.39, 0.29) is 0 Å². The second kappa shape index (κ2) is 6.58. The van der Waals surface area contributed by atoms with Gasteiger partial charge in [0.1, 0.15) is 5.60 Å². The summed E-state index contributed by atoms with van der Waals surface area (Å²) in [5, 5.41) is 9.60. The number of carbonyl (C=O) groups excluding carboxylic acids is 1. The molecule has 0 saturated carbocycles. The molecule has 0 bridgehead atoms. The third kappa shape index (κ3) is 4.01. The van der Waals surface area contributed by atoms with Gasteiger partial charge in [0.25, 0.3) is 0 Å². The Bertz CT molecular complexity index is 605. The summed E-state index contributed by atoms with van der Waals surface area (Å²) in [6.07, 6.45) is -0.00728. The number of ether oxygens (including phenoxy) is 2. The molecule has 126 valence electrons. The van der Waals surface area contributed by atoms with Crippen LogP contribution in [0.15, 0.2) is 18.2 Å². The minimum atomic E-state index is -1.06. The van der Waals surface area contributed by atoms with Crippen molar-refractivity contribution in [3.05, 3.63) is 34.9 Å². The quantitative estimate of drug-likeness (QED) is 0.926. The Balaban J connectivity index is 2.32. The highest BCUT2D eigenvalue weighted by Crippen LogP contribution is 2.32. The van der Waals surface area contributed by atoms with Crippen LogP contribution >= 0.6 is 0 Å². The Kier molecular flexibility index (Phi) is 4.94. The van der Waals surface area contributed by atoms with Gasteiger partial charge in [-0.2, -0.15) is 0 Å². The Labute approximate surface area is 136 Å². The van der Waals surface area contributed by atoms with E-state index < -0.39 is 23.7 Å². The summed E-state index contributed by atoms with van der Waals surface area (Å²) in [6, 6.07) is 4.52. The van der Waals surface area contributed by atoms with Crippen LogP contribution in [0.25, 0.3) is 0 Å². The molecule has 23 heavy (non-hydrogen) atoms. The second-order valence-electron chi connectivity index (χ2n) is 6.63. The van der Waals surface area contributed by atoms with Crippen LogP contribution in [0.5, 0.6) is 0 Å². The highest BCUT2D eigenvalue weighted by molar-refractivity contribution is 5.82. The van der Waals surface area contributed by atoms with Crippen LogP contribution in [-0.2, 0) is 27.3 Å². The van der Waals surface area contributed by atoms with Gasteiger partial charge in [0.2, 0.25) is 0 Å². The van der Waals surface area contributed by atoms with E-state index in [4.69, 9.17) is 9.47 Å². The van der Waals surface area contributed by atoms with Crippen LogP contribution in [0.2, 0.25) is 0 Å². The number of benzene rings is 1. The van der Waals surface area contributed by atoms with Gasteiger partial charge in [-0.3, -0.25) is 4.90 Å². The number of hydrogen-bond acceptors (Lipinski definition) is 4. The van der Waals surface area contributed by atoms with Crippen molar-refractivity contribution in [1.29, 1.82) is 0 Å². The first-order chi connectivity index (χ1) is 10.7. The third-order valence-corrected chi connectivity index (χ3v) is 3.61. The highest BCUT2D eigenvalue weighted by atomic mass is 16.6. The number of hydrogen-bond donors (Lipinski definition) is 1. The smallest absolute Gasteiger partial charge is 0.411 e. The average Bonchev–Trinajstić information content (AvgIpc) is 2.44. The number of nitrogens with zero attached hydrogens (tertiary/aromatic N) is 1. The third-order valence-electron chi connectivity index (χ3n) is 3.61. The summed E-state index contributed by atoms with van der Waals surface area (Å²) >= 11 is 0. The largest absolute Gasteiger partial charge is 0.479 e. The van der Waals surface area contributed by atoms with Crippen LogP contribution in [0, 0.1) is 0 Å². The molecule has 0 radical (unpaired) electrons. The molecule has 6 nitrogen and oxygen atoms in total. The maximum atomic E-state index is 12.3. The van der Waals surface area contributed by atoms with Gasteiger partial charge in [-0.05, 0) is 43.9 Å². The first-order valence-corrected chi connectivity index (χ1v) is 7.56. The summed E-state index contributed by atoms with van der Waals surface area (Å²) in [6.45, 7) is 6.07. The lowest BCUT2D eigenvalue weighted by atomic mass is 9.91. The summed E-state index contributed by atoms with van der Waals surface area (Å²) in [5.74, 6) is -1.06. The van der Waals surface area contributed by atoms with Crippen LogP contribution in [0.4, 0.5) is 4.79 Å². The number of rotatable bonds is 3. The molecule has 1 atom stereocenters. The molecule has 1 unspecified atom stereocenters. The van der Waals surface area contributed by atoms with Gasteiger partial charge in [0.05, 0.1) is 6.61 Å². The monoisotopic (exact) mass is 321 g/mol. The number of methoxy groups -OCH3 is 1. The van der Waals surface area contributed by atoms with E-state index in [1.165, 1.54) is 4.90 Å². The minimum Gasteiger partial charge on any atom is -0.479 e. The number of aliphatic carboxylic acids is 1. The Morgan fingerprint density at radius 1 is 1.35 bits per heavy atom. The molecule has 1 aromatic rings. The van der Waals surface area contributed by atoms with Crippen molar-refractivity contribution >= 4 is 12.1 Å². The van der Waals surface area contributed by atoms with Crippen molar-refractivity contribution in [3.8, 4) is 0 Å². The van der Waals surface area contributed by atoms with Crippen molar-refractivity contribution in [2.75, 3.05) is 13.7 Å². The van der Waals surface area contributed by atoms with Gasteiger partial charge in [-0.15, -0.1) is 0 Å². The number of carbonyl (C=O) groups is 2. The summed E-state index contributed by atoms with van der Waals surface area (Å²) < 4.78 is 10.4. The maximum absolute atomic E-state index is 12.3. The van der Waals surface area contributed by atoms with Crippen molar-refractivity contribution < 1.29 is 24.2 Å². The molecule has 1 N–H and O–H groups in total. The summed E-state index contributed by atoms with van der Waals surface area (Å²) in [5.41, 5.74) is 1.89. The van der Waals surface area contributed by atoms with E-state index in [1.807, 2.05) is 12.1 Å². The maximum Gasteiger partial charge on any atom is 0.411 e. The molecule has 1 heterocycles.